The van der Waals surface area contributed by atoms with Crippen LogP contribution in [0.15, 0.2) is 0 Å². The second-order valence-electron chi connectivity index (χ2n) is 11.7. The van der Waals surface area contributed by atoms with Gasteiger partial charge in [0.05, 0.1) is 28.0 Å². The summed E-state index contributed by atoms with van der Waals surface area (Å²) >= 11 is 0. The second kappa shape index (κ2) is 16.1. The van der Waals surface area contributed by atoms with Crippen LogP contribution in [-0.4, -0.2) is 41.3 Å². The first-order valence-electron chi connectivity index (χ1n) is 14.8. The van der Waals surface area contributed by atoms with Gasteiger partial charge in [0.1, 0.15) is 0 Å². The minimum absolute atomic E-state index is 0.216. The lowest BCUT2D eigenvalue weighted by Crippen LogP contribution is -2.59. The lowest BCUT2D eigenvalue weighted by molar-refractivity contribution is -0.0974. The van der Waals surface area contributed by atoms with Gasteiger partial charge in [-0.3, -0.25) is 0 Å². The van der Waals surface area contributed by atoms with Crippen LogP contribution >= 0.6 is 0 Å². The van der Waals surface area contributed by atoms with E-state index in [2.05, 4.69) is 26.6 Å². The molecule has 0 radical (unpaired) electrons. The Hall–Kier alpha value is 0.354. The molecule has 0 aliphatic carbocycles. The molecule has 0 N–H and O–H groups in total. The van der Waals surface area contributed by atoms with E-state index in [1.165, 1.54) is 128 Å². The van der Waals surface area contributed by atoms with E-state index in [-0.39, 0.29) is 10.4 Å². The van der Waals surface area contributed by atoms with Crippen molar-refractivity contribution in [2.45, 2.75) is 165 Å². The molecule has 0 amide bonds. The average Bonchev–Trinajstić information content (AvgIpc) is 2.80. The topological polar surface area (TPSA) is 18.5 Å². The third-order valence-corrected chi connectivity index (χ3v) is 15.3. The number of hydrogen-bond acceptors (Lipinski definition) is 2. The maximum Gasteiger partial charge on any atom is 0.0727 e. The second-order valence-corrected chi connectivity index (χ2v) is 18.4. The van der Waals surface area contributed by atoms with Gasteiger partial charge in [-0.2, -0.15) is 0 Å². The normalized spacial score (nSPS) is 27.7. The van der Waals surface area contributed by atoms with E-state index in [1.54, 1.807) is 0 Å². The summed E-state index contributed by atoms with van der Waals surface area (Å²) in [6.45, 7) is 12.0. The van der Waals surface area contributed by atoms with Crippen molar-refractivity contribution in [3.05, 3.63) is 0 Å². The molecule has 2 rings (SSSR count). The highest BCUT2D eigenvalue weighted by atomic mass is 28.3. The summed E-state index contributed by atoms with van der Waals surface area (Å²) in [5.41, 5.74) is 0. The quantitative estimate of drug-likeness (QED) is 0.153. The Balaban J connectivity index is 1.69. The van der Waals surface area contributed by atoms with E-state index < -0.39 is 17.6 Å². The summed E-state index contributed by atoms with van der Waals surface area (Å²) in [6.07, 6.45) is 26.6. The first kappa shape index (κ1) is 28.6. The third-order valence-electron chi connectivity index (χ3n) is 8.81. The van der Waals surface area contributed by atoms with Crippen molar-refractivity contribution < 1.29 is 9.47 Å². The smallest absolute Gasteiger partial charge is 0.0727 e. The van der Waals surface area contributed by atoms with E-state index in [1.807, 2.05) is 0 Å². The molecule has 0 bridgehead atoms. The summed E-state index contributed by atoms with van der Waals surface area (Å²) in [4.78, 5) is 0. The Morgan fingerprint density at radius 2 is 1.06 bits per heavy atom. The van der Waals surface area contributed by atoms with Crippen molar-refractivity contribution >= 4 is 17.6 Å². The minimum Gasteiger partial charge on any atom is -0.379 e. The summed E-state index contributed by atoms with van der Waals surface area (Å²) in [5, 5.41) is 0.442. The number of unbranched alkanes of at least 4 members (excludes halogenated alkanes) is 11. The van der Waals surface area contributed by atoms with Crippen LogP contribution < -0.4 is 0 Å². The van der Waals surface area contributed by atoms with Gasteiger partial charge in [-0.15, -0.1) is 0 Å². The van der Waals surface area contributed by atoms with Gasteiger partial charge in [-0.05, 0) is 44.9 Å². The van der Waals surface area contributed by atoms with E-state index in [0.29, 0.717) is 0 Å². The van der Waals surface area contributed by atoms with Gasteiger partial charge in [0.2, 0.25) is 0 Å². The number of ether oxygens (including phenoxy) is 2. The van der Waals surface area contributed by atoms with E-state index in [9.17, 15) is 0 Å². The lowest BCUT2D eigenvalue weighted by Gasteiger charge is -2.50. The standard InChI is InChI=1S/C28H58O2Si2/c1-5-6-7-8-9-10-11-12-13-14-15-20-25-32(4)28(22-17-19-24-30-28)26-27(31(2)3)21-16-18-23-29-27/h31-32H,5-26H2,1-4H3. The van der Waals surface area contributed by atoms with Gasteiger partial charge in [0.15, 0.2) is 0 Å². The van der Waals surface area contributed by atoms with Gasteiger partial charge in [0, 0.05) is 13.2 Å². The molecule has 0 saturated carbocycles. The molecule has 4 heteroatoms. The molecule has 0 aromatic heterocycles. The van der Waals surface area contributed by atoms with Crippen molar-refractivity contribution in [3.8, 4) is 0 Å². The zero-order valence-corrected chi connectivity index (χ0v) is 24.8. The van der Waals surface area contributed by atoms with Crippen molar-refractivity contribution in [1.29, 1.82) is 0 Å². The molecule has 2 heterocycles. The Labute approximate surface area is 205 Å². The van der Waals surface area contributed by atoms with Crippen molar-refractivity contribution in [1.82, 2.24) is 0 Å². The van der Waals surface area contributed by atoms with E-state index in [4.69, 9.17) is 9.47 Å². The van der Waals surface area contributed by atoms with Gasteiger partial charge in [-0.25, -0.2) is 0 Å². The van der Waals surface area contributed by atoms with Crippen molar-refractivity contribution in [2.24, 2.45) is 0 Å². The van der Waals surface area contributed by atoms with Crippen LogP contribution in [0.4, 0.5) is 0 Å². The highest BCUT2D eigenvalue weighted by Gasteiger charge is 2.49. The van der Waals surface area contributed by atoms with Gasteiger partial charge < -0.3 is 9.47 Å². The fourth-order valence-electron chi connectivity index (χ4n) is 6.31. The molecule has 190 valence electrons. The Morgan fingerprint density at radius 1 is 0.594 bits per heavy atom. The highest BCUT2D eigenvalue weighted by molar-refractivity contribution is 6.62. The monoisotopic (exact) mass is 482 g/mol. The molecule has 2 aliphatic heterocycles. The SMILES string of the molecule is CCCCCCCCCCCCCC[SiH](C)C1(CC2([SiH](C)C)CCCCO2)CCCCO1. The van der Waals surface area contributed by atoms with Gasteiger partial charge in [-0.1, -0.05) is 110 Å². The Kier molecular flexibility index (Phi) is 14.4. The molecule has 32 heavy (non-hydrogen) atoms. The predicted molar refractivity (Wildman–Crippen MR) is 147 cm³/mol. The van der Waals surface area contributed by atoms with Crippen LogP contribution in [0, 0.1) is 0 Å². The average molecular weight is 483 g/mol. The zero-order valence-electron chi connectivity index (χ0n) is 22.5. The summed E-state index contributed by atoms with van der Waals surface area (Å²) < 4.78 is 13.4. The molecular formula is C28H58O2Si2. The maximum absolute atomic E-state index is 6.77. The van der Waals surface area contributed by atoms with Crippen LogP contribution in [0.2, 0.25) is 25.7 Å². The zero-order chi connectivity index (χ0) is 23.1. The molecule has 0 spiro atoms. The first-order chi connectivity index (χ1) is 15.5. The van der Waals surface area contributed by atoms with Crippen molar-refractivity contribution in [2.75, 3.05) is 13.2 Å². The van der Waals surface area contributed by atoms with Crippen LogP contribution in [0.5, 0.6) is 0 Å². The maximum atomic E-state index is 6.77. The highest BCUT2D eigenvalue weighted by Crippen LogP contribution is 2.42. The molecule has 0 aromatic rings. The van der Waals surface area contributed by atoms with Crippen molar-refractivity contribution in [3.63, 3.8) is 0 Å². The van der Waals surface area contributed by atoms with E-state index in [0.717, 1.165) is 13.2 Å². The largest absolute Gasteiger partial charge is 0.379 e. The predicted octanol–water partition coefficient (Wildman–Crippen LogP) is 8.38. The molecule has 3 atom stereocenters. The Morgan fingerprint density at radius 3 is 1.50 bits per heavy atom. The summed E-state index contributed by atoms with van der Waals surface area (Å²) in [6, 6.07) is 1.48. The number of rotatable bonds is 17. The molecule has 2 nitrogen and oxygen atoms in total. The molecule has 2 fully saturated rings. The fraction of sp³-hybridized carbons (Fsp3) is 1.00. The van der Waals surface area contributed by atoms with Crippen LogP contribution in [0.25, 0.3) is 0 Å². The lowest BCUT2D eigenvalue weighted by atomic mass is 9.97. The molecule has 0 aromatic carbocycles. The molecular weight excluding hydrogens is 424 g/mol. The first-order valence-corrected chi connectivity index (χ1v) is 20.3. The number of hydrogen-bond donors (Lipinski definition) is 0. The molecule has 2 saturated heterocycles. The van der Waals surface area contributed by atoms with Gasteiger partial charge >= 0.3 is 0 Å². The molecule has 2 aliphatic rings. The fourth-order valence-corrected chi connectivity index (χ4v) is 11.8. The van der Waals surface area contributed by atoms with Crippen LogP contribution in [-0.2, 0) is 9.47 Å². The van der Waals surface area contributed by atoms with E-state index >= 15 is 0 Å². The van der Waals surface area contributed by atoms with Crippen LogP contribution in [0.1, 0.15) is 129 Å². The molecule has 3 unspecified atom stereocenters. The third kappa shape index (κ3) is 9.54. The summed E-state index contributed by atoms with van der Waals surface area (Å²) in [7, 11) is -1.82. The van der Waals surface area contributed by atoms with Gasteiger partial charge in [0.25, 0.3) is 0 Å². The summed E-state index contributed by atoms with van der Waals surface area (Å²) in [5.74, 6) is 0. The Bertz CT molecular complexity index is 456. The van der Waals surface area contributed by atoms with Crippen LogP contribution in [0.3, 0.4) is 0 Å². The minimum atomic E-state index is -0.939.